The first-order valence-corrected chi connectivity index (χ1v) is 14.5. The Morgan fingerprint density at radius 1 is 1.03 bits per heavy atom. The van der Waals surface area contributed by atoms with Gasteiger partial charge in [0.1, 0.15) is 23.6 Å². The van der Waals surface area contributed by atoms with E-state index in [2.05, 4.69) is 45.1 Å². The molecular formula is C28H41ClNO4P. The van der Waals surface area contributed by atoms with Crippen LogP contribution < -0.4 is 14.8 Å². The number of ether oxygens (including phenoxy) is 2. The lowest BCUT2D eigenvalue weighted by molar-refractivity contribution is 0.293. The molecule has 1 aliphatic carbocycles. The predicted octanol–water partition coefficient (Wildman–Crippen LogP) is 7.63. The number of halogens is 1. The molecule has 7 heteroatoms. The summed E-state index contributed by atoms with van der Waals surface area (Å²) in [5, 5.41) is 13.0. The van der Waals surface area contributed by atoms with Crippen LogP contribution in [0.5, 0.6) is 17.2 Å². The monoisotopic (exact) mass is 521 g/mol. The Morgan fingerprint density at radius 3 is 2.31 bits per heavy atom. The number of phenolic OH excluding ortho intramolecular Hbond substituents is 1. The molecule has 2 aromatic rings. The minimum atomic E-state index is -0.770. The summed E-state index contributed by atoms with van der Waals surface area (Å²) in [6.07, 6.45) is 8.64. The number of rotatable bonds is 13. The number of nitrogens with one attached hydrogen (secondary N) is 1. The molecule has 0 saturated heterocycles. The molecular weight excluding hydrogens is 481 g/mol. The van der Waals surface area contributed by atoms with Crippen LogP contribution in [0.1, 0.15) is 69.1 Å². The van der Waals surface area contributed by atoms with Crippen molar-refractivity contribution in [3.8, 4) is 17.2 Å². The molecule has 1 atom stereocenters. The van der Waals surface area contributed by atoms with Crippen molar-refractivity contribution in [2.75, 3.05) is 19.5 Å². The number of aryl methyl sites for hydroxylation is 2. The molecule has 0 spiro atoms. The van der Waals surface area contributed by atoms with Gasteiger partial charge in [-0.15, -0.1) is 0 Å². The third-order valence-electron chi connectivity index (χ3n) is 6.60. The summed E-state index contributed by atoms with van der Waals surface area (Å²) in [5.41, 5.74) is 4.13. The summed E-state index contributed by atoms with van der Waals surface area (Å²) in [5.74, 6) is 1.99. The number of aromatic hydroxyl groups is 1. The molecule has 35 heavy (non-hydrogen) atoms. The van der Waals surface area contributed by atoms with Gasteiger partial charge in [-0.1, -0.05) is 31.4 Å². The average Bonchev–Trinajstić information content (AvgIpc) is 2.82. The zero-order valence-electron chi connectivity index (χ0n) is 21.6. The van der Waals surface area contributed by atoms with E-state index in [1.807, 2.05) is 0 Å². The summed E-state index contributed by atoms with van der Waals surface area (Å²) in [4.78, 5) is 0. The van der Waals surface area contributed by atoms with Crippen LogP contribution in [0, 0.1) is 13.8 Å². The molecule has 0 aliphatic heterocycles. The largest absolute Gasteiger partial charge is 0.508 e. The fraction of sp³-hybridized carbons (Fsp3) is 0.571. The maximum Gasteiger partial charge on any atom is 0.134 e. The molecule has 1 saturated carbocycles. The van der Waals surface area contributed by atoms with E-state index in [4.69, 9.17) is 25.4 Å². The molecule has 0 aromatic heterocycles. The average molecular weight is 522 g/mol. The Hall–Kier alpha value is -1.52. The Kier molecular flexibility index (Phi) is 11.0. The van der Waals surface area contributed by atoms with Gasteiger partial charge in [-0.2, -0.15) is 0 Å². The van der Waals surface area contributed by atoms with Crippen molar-refractivity contribution in [1.29, 1.82) is 0 Å². The summed E-state index contributed by atoms with van der Waals surface area (Å²) in [7, 11) is -0.770. The first kappa shape index (κ1) is 28.1. The molecule has 194 valence electrons. The lowest BCUT2D eigenvalue weighted by Crippen LogP contribution is -2.42. The number of benzene rings is 2. The third-order valence-corrected chi connectivity index (χ3v) is 9.03. The van der Waals surface area contributed by atoms with Gasteiger partial charge in [0.2, 0.25) is 0 Å². The molecule has 3 rings (SSSR count). The van der Waals surface area contributed by atoms with Crippen molar-refractivity contribution >= 4 is 20.0 Å². The second-order valence-electron chi connectivity index (χ2n) is 10.3. The maximum absolute atomic E-state index is 9.35. The molecule has 0 heterocycles. The Labute approximate surface area is 217 Å². The van der Waals surface area contributed by atoms with Crippen molar-refractivity contribution in [2.24, 2.45) is 0 Å². The molecule has 5 nitrogen and oxygen atoms in total. The van der Waals surface area contributed by atoms with E-state index in [0.717, 1.165) is 42.0 Å². The quantitative estimate of drug-likeness (QED) is 0.210. The first-order valence-electron chi connectivity index (χ1n) is 12.7. The highest BCUT2D eigenvalue weighted by molar-refractivity contribution is 7.54. The fourth-order valence-corrected chi connectivity index (χ4v) is 6.87. The highest BCUT2D eigenvalue weighted by atomic mass is 35.5. The van der Waals surface area contributed by atoms with Crippen LogP contribution in [0.4, 0.5) is 0 Å². The van der Waals surface area contributed by atoms with Crippen LogP contribution in [0.15, 0.2) is 36.4 Å². The van der Waals surface area contributed by atoms with Crippen molar-refractivity contribution in [3.05, 3.63) is 53.1 Å². The van der Waals surface area contributed by atoms with E-state index in [-0.39, 0.29) is 11.3 Å². The van der Waals surface area contributed by atoms with Crippen LogP contribution in [0.25, 0.3) is 0 Å². The molecule has 2 N–H and O–H groups in total. The zero-order valence-corrected chi connectivity index (χ0v) is 23.3. The zero-order chi connectivity index (χ0) is 25.3. The van der Waals surface area contributed by atoms with Crippen LogP contribution >= 0.6 is 20.0 Å². The van der Waals surface area contributed by atoms with Gasteiger partial charge in [0.05, 0.1) is 26.6 Å². The Bertz CT molecular complexity index is 893. The van der Waals surface area contributed by atoms with Gasteiger partial charge >= 0.3 is 0 Å². The molecule has 2 aromatic carbocycles. The summed E-state index contributed by atoms with van der Waals surface area (Å²) in [6.45, 7) is 10.2. The Morgan fingerprint density at radius 2 is 1.69 bits per heavy atom. The number of hydrogen-bond donors (Lipinski definition) is 2. The maximum atomic E-state index is 9.35. The lowest BCUT2D eigenvalue weighted by Gasteiger charge is -2.29. The molecule has 0 amide bonds. The van der Waals surface area contributed by atoms with Crippen molar-refractivity contribution in [1.82, 2.24) is 5.32 Å². The van der Waals surface area contributed by atoms with E-state index >= 15 is 0 Å². The van der Waals surface area contributed by atoms with Crippen LogP contribution in [-0.4, -0.2) is 35.8 Å². The predicted molar refractivity (Wildman–Crippen MR) is 146 cm³/mol. The summed E-state index contributed by atoms with van der Waals surface area (Å²) < 4.78 is 17.4. The number of hydrogen-bond acceptors (Lipinski definition) is 5. The smallest absolute Gasteiger partial charge is 0.134 e. The second-order valence-corrected chi connectivity index (χ2v) is 12.7. The van der Waals surface area contributed by atoms with Gasteiger partial charge < -0.3 is 19.9 Å². The first-order chi connectivity index (χ1) is 16.8. The molecule has 0 bridgehead atoms. The SMILES string of the molecule is Cc1cc(CC(C)(C)NCCCOc2ccc(O)cc2)cc(C)c1OCP(OCl)C1CCCCC1. The van der Waals surface area contributed by atoms with Crippen molar-refractivity contribution < 1.29 is 18.7 Å². The topological polar surface area (TPSA) is 60.0 Å². The van der Waals surface area contributed by atoms with Crippen molar-refractivity contribution in [2.45, 2.75) is 83.8 Å². The molecule has 1 aliphatic rings. The minimum absolute atomic E-state index is 0.0401. The van der Waals surface area contributed by atoms with Crippen LogP contribution in [-0.2, 0) is 10.5 Å². The third kappa shape index (κ3) is 9.13. The second kappa shape index (κ2) is 13.7. The van der Waals surface area contributed by atoms with Crippen LogP contribution in [0.2, 0.25) is 0 Å². The highest BCUT2D eigenvalue weighted by Gasteiger charge is 2.26. The highest BCUT2D eigenvalue weighted by Crippen LogP contribution is 2.50. The summed E-state index contributed by atoms with van der Waals surface area (Å²) in [6, 6.07) is 11.3. The molecule has 1 unspecified atom stereocenters. The van der Waals surface area contributed by atoms with Gasteiger partial charge in [-0.05, 0) is 101 Å². The van der Waals surface area contributed by atoms with Gasteiger partial charge in [0.15, 0.2) is 0 Å². The van der Waals surface area contributed by atoms with Gasteiger partial charge in [0.25, 0.3) is 0 Å². The van der Waals surface area contributed by atoms with E-state index in [9.17, 15) is 5.11 Å². The van der Waals surface area contributed by atoms with Crippen LogP contribution in [0.3, 0.4) is 0 Å². The Balaban J connectivity index is 1.46. The minimum Gasteiger partial charge on any atom is -0.508 e. The van der Waals surface area contributed by atoms with E-state index in [1.165, 1.54) is 37.7 Å². The van der Waals surface area contributed by atoms with E-state index in [0.29, 0.717) is 18.6 Å². The van der Waals surface area contributed by atoms with E-state index < -0.39 is 8.15 Å². The van der Waals surface area contributed by atoms with E-state index in [1.54, 1.807) is 24.3 Å². The van der Waals surface area contributed by atoms with Gasteiger partial charge in [0, 0.05) is 11.2 Å². The normalized spacial score (nSPS) is 15.7. The summed E-state index contributed by atoms with van der Waals surface area (Å²) >= 11 is 5.87. The number of phenols is 1. The fourth-order valence-electron chi connectivity index (χ4n) is 4.85. The lowest BCUT2D eigenvalue weighted by atomic mass is 9.92. The van der Waals surface area contributed by atoms with Gasteiger partial charge in [-0.25, -0.2) is 0 Å². The standard InChI is InChI=1S/C28H41ClNO4P/c1-21-17-23(18-22(2)27(21)33-20-35(34-29)26-9-6-5-7-10-26)19-28(3,4)30-15-8-16-32-25-13-11-24(31)12-14-25/h11-14,17-18,26,30-31H,5-10,15-16,19-20H2,1-4H3. The van der Waals surface area contributed by atoms with Crippen molar-refractivity contribution in [3.63, 3.8) is 0 Å². The molecule has 0 radical (unpaired) electrons. The van der Waals surface area contributed by atoms with Gasteiger partial charge in [-0.3, -0.25) is 4.08 Å². The molecule has 1 fully saturated rings.